The number of hydrogen-bond acceptors (Lipinski definition) is 5. The average Bonchev–Trinajstić information content (AvgIpc) is 2.94. The SMILES string of the molecule is CN(C)CCN(c1ccccc1N(CCOc1ccc(Cl)cc1)Cc1ccccc1)S(=O)(=O)c1ccc(Cl)cc1. The molecule has 0 saturated heterocycles. The first-order valence-corrected chi connectivity index (χ1v) is 15.1. The largest absolute Gasteiger partial charge is 0.492 e. The van der Waals surface area contributed by atoms with E-state index in [1.165, 1.54) is 4.31 Å². The molecular weight excluding hydrogens is 565 g/mol. The number of nitrogens with zero attached hydrogens (tertiary/aromatic N) is 3. The van der Waals surface area contributed by atoms with Gasteiger partial charge in [-0.15, -0.1) is 0 Å². The van der Waals surface area contributed by atoms with E-state index >= 15 is 0 Å². The molecular formula is C31H33Cl2N3O3S. The van der Waals surface area contributed by atoms with Crippen molar-refractivity contribution in [1.29, 1.82) is 0 Å². The summed E-state index contributed by atoms with van der Waals surface area (Å²) in [7, 11) is -0.0346. The maximum atomic E-state index is 14.0. The summed E-state index contributed by atoms with van der Waals surface area (Å²) in [5.74, 6) is 0.718. The lowest BCUT2D eigenvalue weighted by atomic mass is 10.1. The van der Waals surface area contributed by atoms with Crippen molar-refractivity contribution in [3.63, 3.8) is 0 Å². The standard InChI is InChI=1S/C31H33Cl2N3O3S/c1-34(2)20-21-36(40(37,38)29-18-14-27(33)15-19-29)31-11-7-6-10-30(31)35(24-25-8-4-3-5-9-25)22-23-39-28-16-12-26(32)13-17-28/h3-19H,20-24H2,1-2H3. The zero-order chi connectivity index (χ0) is 28.5. The van der Waals surface area contributed by atoms with E-state index in [-0.39, 0.29) is 11.4 Å². The average molecular weight is 599 g/mol. The first-order valence-electron chi connectivity index (χ1n) is 12.9. The summed E-state index contributed by atoms with van der Waals surface area (Å²) >= 11 is 12.1. The number of anilines is 2. The van der Waals surface area contributed by atoms with Gasteiger partial charge >= 0.3 is 0 Å². The van der Waals surface area contributed by atoms with E-state index in [4.69, 9.17) is 27.9 Å². The Morgan fingerprint density at radius 3 is 1.88 bits per heavy atom. The number of sulfonamides is 1. The Morgan fingerprint density at radius 1 is 0.675 bits per heavy atom. The Kier molecular flexibility index (Phi) is 10.3. The first-order chi connectivity index (χ1) is 19.2. The van der Waals surface area contributed by atoms with Crippen LogP contribution in [0.4, 0.5) is 11.4 Å². The molecule has 6 nitrogen and oxygen atoms in total. The molecule has 40 heavy (non-hydrogen) atoms. The van der Waals surface area contributed by atoms with E-state index in [9.17, 15) is 8.42 Å². The van der Waals surface area contributed by atoms with Gasteiger partial charge in [-0.05, 0) is 80.3 Å². The second kappa shape index (κ2) is 13.9. The molecule has 0 N–H and O–H groups in total. The van der Waals surface area contributed by atoms with Crippen LogP contribution in [0.3, 0.4) is 0 Å². The molecule has 0 aromatic heterocycles. The minimum atomic E-state index is -3.89. The topological polar surface area (TPSA) is 53.1 Å². The predicted octanol–water partition coefficient (Wildman–Crippen LogP) is 6.84. The van der Waals surface area contributed by atoms with E-state index in [1.54, 1.807) is 36.4 Å². The van der Waals surface area contributed by atoms with Crippen molar-refractivity contribution < 1.29 is 13.2 Å². The molecule has 0 saturated carbocycles. The highest BCUT2D eigenvalue weighted by molar-refractivity contribution is 7.92. The number of para-hydroxylation sites is 2. The van der Waals surface area contributed by atoms with Crippen molar-refractivity contribution in [1.82, 2.24) is 4.90 Å². The lowest BCUT2D eigenvalue weighted by Gasteiger charge is -2.33. The number of likely N-dealkylation sites (N-methyl/N-ethyl adjacent to an activating group) is 1. The molecule has 210 valence electrons. The summed E-state index contributed by atoms with van der Waals surface area (Å²) in [5.41, 5.74) is 2.49. The molecule has 0 fully saturated rings. The molecule has 9 heteroatoms. The molecule has 0 spiro atoms. The number of ether oxygens (including phenoxy) is 1. The molecule has 0 aliphatic carbocycles. The summed E-state index contributed by atoms with van der Waals surface area (Å²) in [4.78, 5) is 4.31. The van der Waals surface area contributed by atoms with Gasteiger partial charge in [0.25, 0.3) is 10.0 Å². The second-order valence-corrected chi connectivity index (χ2v) is 12.3. The minimum absolute atomic E-state index is 0.186. The molecule has 4 aromatic rings. The molecule has 0 aliphatic heterocycles. The Hall–Kier alpha value is -3.23. The Morgan fingerprint density at radius 2 is 1.25 bits per heavy atom. The van der Waals surface area contributed by atoms with Crippen LogP contribution in [0.25, 0.3) is 0 Å². The maximum absolute atomic E-state index is 14.0. The lowest BCUT2D eigenvalue weighted by Crippen LogP contribution is -2.38. The van der Waals surface area contributed by atoms with Gasteiger partial charge in [-0.1, -0.05) is 65.7 Å². The molecule has 0 bridgehead atoms. The van der Waals surface area contributed by atoms with Crippen LogP contribution in [0.5, 0.6) is 5.75 Å². The normalized spacial score (nSPS) is 11.4. The van der Waals surface area contributed by atoms with Gasteiger partial charge in [-0.25, -0.2) is 8.42 Å². The number of hydrogen-bond donors (Lipinski definition) is 0. The van der Waals surface area contributed by atoms with Gasteiger partial charge in [-0.3, -0.25) is 4.31 Å². The van der Waals surface area contributed by atoms with Crippen molar-refractivity contribution >= 4 is 44.6 Å². The van der Waals surface area contributed by atoms with Crippen molar-refractivity contribution in [2.24, 2.45) is 0 Å². The van der Waals surface area contributed by atoms with Crippen molar-refractivity contribution in [2.75, 3.05) is 49.5 Å². The zero-order valence-electron chi connectivity index (χ0n) is 22.6. The van der Waals surface area contributed by atoms with Gasteiger partial charge in [-0.2, -0.15) is 0 Å². The quantitative estimate of drug-likeness (QED) is 0.169. The van der Waals surface area contributed by atoms with Crippen LogP contribution < -0.4 is 13.9 Å². The summed E-state index contributed by atoms with van der Waals surface area (Å²) in [6.07, 6.45) is 0. The van der Waals surface area contributed by atoms with Crippen molar-refractivity contribution in [2.45, 2.75) is 11.4 Å². The van der Waals surface area contributed by atoms with Gasteiger partial charge in [0.15, 0.2) is 0 Å². The van der Waals surface area contributed by atoms with E-state index in [1.807, 2.05) is 73.6 Å². The Balaban J connectivity index is 1.71. The molecule has 0 amide bonds. The van der Waals surface area contributed by atoms with Crippen LogP contribution in [0.1, 0.15) is 5.56 Å². The molecule has 0 unspecified atom stereocenters. The van der Waals surface area contributed by atoms with Gasteiger partial charge in [0.2, 0.25) is 0 Å². The van der Waals surface area contributed by atoms with Crippen LogP contribution in [-0.4, -0.2) is 53.7 Å². The summed E-state index contributed by atoms with van der Waals surface area (Å²) in [6, 6.07) is 31.2. The van der Waals surface area contributed by atoms with Gasteiger partial charge < -0.3 is 14.5 Å². The third-order valence-electron chi connectivity index (χ3n) is 6.30. The highest BCUT2D eigenvalue weighted by Crippen LogP contribution is 2.34. The molecule has 0 aliphatic rings. The predicted molar refractivity (Wildman–Crippen MR) is 165 cm³/mol. The zero-order valence-corrected chi connectivity index (χ0v) is 24.9. The van der Waals surface area contributed by atoms with Crippen LogP contribution in [0.15, 0.2) is 108 Å². The third kappa shape index (κ3) is 7.92. The number of rotatable bonds is 13. The Bertz CT molecular complexity index is 1470. The fraction of sp³-hybridized carbons (Fsp3) is 0.226. The van der Waals surface area contributed by atoms with Gasteiger partial charge in [0.1, 0.15) is 12.4 Å². The Labute approximate surface area is 247 Å². The molecule has 4 rings (SSSR count). The van der Waals surface area contributed by atoms with Crippen LogP contribution in [-0.2, 0) is 16.6 Å². The van der Waals surface area contributed by atoms with Gasteiger partial charge in [0.05, 0.1) is 22.8 Å². The second-order valence-electron chi connectivity index (χ2n) is 9.53. The molecule has 0 atom stereocenters. The monoisotopic (exact) mass is 597 g/mol. The van der Waals surface area contributed by atoms with E-state index in [2.05, 4.69) is 17.0 Å². The molecule has 4 aromatic carbocycles. The fourth-order valence-electron chi connectivity index (χ4n) is 4.23. The lowest BCUT2D eigenvalue weighted by molar-refractivity contribution is 0.323. The van der Waals surface area contributed by atoms with Gasteiger partial charge in [0, 0.05) is 29.7 Å². The van der Waals surface area contributed by atoms with Crippen LogP contribution in [0.2, 0.25) is 10.0 Å². The van der Waals surface area contributed by atoms with Crippen molar-refractivity contribution in [3.8, 4) is 5.75 Å². The van der Waals surface area contributed by atoms with E-state index in [0.717, 1.165) is 17.0 Å². The van der Waals surface area contributed by atoms with E-state index < -0.39 is 10.0 Å². The minimum Gasteiger partial charge on any atom is -0.492 e. The van der Waals surface area contributed by atoms with E-state index in [0.29, 0.717) is 42.0 Å². The third-order valence-corrected chi connectivity index (χ3v) is 8.63. The summed E-state index contributed by atoms with van der Waals surface area (Å²) in [5, 5.41) is 1.13. The summed E-state index contributed by atoms with van der Waals surface area (Å²) in [6.45, 7) is 2.31. The van der Waals surface area contributed by atoms with Crippen molar-refractivity contribution in [3.05, 3.63) is 119 Å². The maximum Gasteiger partial charge on any atom is 0.264 e. The summed E-state index contributed by atoms with van der Waals surface area (Å²) < 4.78 is 35.6. The smallest absolute Gasteiger partial charge is 0.264 e. The number of benzene rings is 4. The number of halogens is 2. The van der Waals surface area contributed by atoms with Crippen LogP contribution >= 0.6 is 23.2 Å². The fourth-order valence-corrected chi connectivity index (χ4v) is 5.95. The molecule has 0 radical (unpaired) electrons. The first kappa shape index (κ1) is 29.7. The van der Waals surface area contributed by atoms with Crippen LogP contribution in [0, 0.1) is 0 Å². The molecule has 0 heterocycles. The highest BCUT2D eigenvalue weighted by atomic mass is 35.5. The highest BCUT2D eigenvalue weighted by Gasteiger charge is 2.28.